The maximum Gasteiger partial charge on any atom is 0.139 e. The first-order valence-corrected chi connectivity index (χ1v) is 5.78. The molecule has 0 saturated heterocycles. The van der Waals surface area contributed by atoms with Crippen molar-refractivity contribution in [2.24, 2.45) is 5.92 Å². The number of unbranched alkanes of at least 4 members (excludes halogenated alkanes) is 1. The van der Waals surface area contributed by atoms with Crippen molar-refractivity contribution >= 4 is 13.3 Å². The fourth-order valence-corrected chi connectivity index (χ4v) is 1.78. The quantitative estimate of drug-likeness (QED) is 0.622. The van der Waals surface area contributed by atoms with Crippen molar-refractivity contribution in [3.63, 3.8) is 0 Å². The lowest BCUT2D eigenvalue weighted by atomic mass is 9.91. The van der Waals surface area contributed by atoms with Gasteiger partial charge in [-0.15, -0.1) is 0 Å². The molecule has 1 atom stereocenters. The van der Waals surface area contributed by atoms with Crippen LogP contribution in [0.4, 0.5) is 0 Å². The topological polar surface area (TPSA) is 0 Å². The van der Waals surface area contributed by atoms with E-state index in [0.29, 0.717) is 0 Å². The Hall–Kier alpha value is -0.715. The fraction of sp³-hybridized carbons (Fsp3) is 0.538. The lowest BCUT2D eigenvalue weighted by Crippen LogP contribution is -2.04. The predicted octanol–water partition coefficient (Wildman–Crippen LogP) is 2.31. The summed E-state index contributed by atoms with van der Waals surface area (Å²) in [5.41, 5.74) is 2.84. The minimum absolute atomic E-state index is 0.831. The summed E-state index contributed by atoms with van der Waals surface area (Å²) in [6, 6.07) is 8.94. The van der Waals surface area contributed by atoms with Gasteiger partial charge in [-0.05, 0) is 17.9 Å². The van der Waals surface area contributed by atoms with Crippen molar-refractivity contribution in [3.8, 4) is 0 Å². The van der Waals surface area contributed by atoms with Gasteiger partial charge in [0, 0.05) is 0 Å². The summed E-state index contributed by atoms with van der Waals surface area (Å²) in [6.07, 6.45) is 5.29. The monoisotopic (exact) mass is 188 g/mol. The minimum atomic E-state index is 0.831. The van der Waals surface area contributed by atoms with Crippen LogP contribution in [0.3, 0.4) is 0 Å². The zero-order valence-electron chi connectivity index (χ0n) is 9.72. The Morgan fingerprint density at radius 2 is 1.86 bits per heavy atom. The first-order chi connectivity index (χ1) is 6.72. The van der Waals surface area contributed by atoms with Gasteiger partial charge in [0.2, 0.25) is 0 Å². The Morgan fingerprint density at radius 3 is 2.43 bits per heavy atom. The Balaban J connectivity index is 2.39. The average molecular weight is 188 g/mol. The first kappa shape index (κ1) is 11.4. The third-order valence-corrected chi connectivity index (χ3v) is 2.76. The summed E-state index contributed by atoms with van der Waals surface area (Å²) in [6.45, 7) is 4.62. The van der Waals surface area contributed by atoms with Gasteiger partial charge in [0.1, 0.15) is 7.85 Å². The second kappa shape index (κ2) is 5.90. The van der Waals surface area contributed by atoms with Crippen molar-refractivity contribution in [1.29, 1.82) is 0 Å². The predicted molar refractivity (Wildman–Crippen MR) is 67.0 cm³/mol. The first-order valence-electron chi connectivity index (χ1n) is 5.78. The molecule has 0 saturated carbocycles. The third-order valence-electron chi connectivity index (χ3n) is 2.76. The molecule has 0 fully saturated rings. The van der Waals surface area contributed by atoms with Crippen LogP contribution in [0.2, 0.25) is 0 Å². The maximum atomic E-state index is 2.36. The molecule has 0 heterocycles. The van der Waals surface area contributed by atoms with Gasteiger partial charge < -0.3 is 0 Å². The minimum Gasteiger partial charge on any atom is -0.0889 e. The largest absolute Gasteiger partial charge is 0.139 e. The summed E-state index contributed by atoms with van der Waals surface area (Å²) in [5.74, 6) is 0.831. The standard InChI is InChI=1S/C13H21B/c1-3-4-5-11(2)10-12-6-8-13(14)9-7-12/h6-9,11H,3-5,10,14H2,1-2H3. The van der Waals surface area contributed by atoms with Gasteiger partial charge in [-0.2, -0.15) is 0 Å². The van der Waals surface area contributed by atoms with Gasteiger partial charge in [-0.3, -0.25) is 0 Å². The summed E-state index contributed by atoms with van der Waals surface area (Å²) in [7, 11) is 2.14. The molecule has 0 aliphatic carbocycles. The molecule has 0 radical (unpaired) electrons. The molecular formula is C13H21B. The number of hydrogen-bond donors (Lipinski definition) is 0. The molecule has 0 amide bonds. The molecule has 1 aromatic rings. The van der Waals surface area contributed by atoms with Crippen LogP contribution >= 0.6 is 0 Å². The highest BCUT2D eigenvalue weighted by atomic mass is 14.1. The van der Waals surface area contributed by atoms with Gasteiger partial charge in [0.25, 0.3) is 0 Å². The van der Waals surface area contributed by atoms with Gasteiger partial charge >= 0.3 is 0 Å². The van der Waals surface area contributed by atoms with Crippen molar-refractivity contribution < 1.29 is 0 Å². The van der Waals surface area contributed by atoms with E-state index in [1.165, 1.54) is 36.7 Å². The zero-order chi connectivity index (χ0) is 10.4. The van der Waals surface area contributed by atoms with Gasteiger partial charge in [0.15, 0.2) is 0 Å². The number of hydrogen-bond acceptors (Lipinski definition) is 0. The smallest absolute Gasteiger partial charge is 0.0889 e. The summed E-state index contributed by atoms with van der Waals surface area (Å²) in [5, 5.41) is 0. The molecule has 1 heteroatoms. The highest BCUT2D eigenvalue weighted by molar-refractivity contribution is 6.32. The molecule has 0 bridgehead atoms. The van der Waals surface area contributed by atoms with E-state index < -0.39 is 0 Å². The third kappa shape index (κ3) is 4.00. The van der Waals surface area contributed by atoms with Crippen molar-refractivity contribution in [2.45, 2.75) is 39.5 Å². The van der Waals surface area contributed by atoms with E-state index in [-0.39, 0.29) is 0 Å². The Bertz CT molecular complexity index is 250. The van der Waals surface area contributed by atoms with Crippen LogP contribution in [0, 0.1) is 5.92 Å². The Morgan fingerprint density at radius 1 is 1.21 bits per heavy atom. The van der Waals surface area contributed by atoms with E-state index in [1.54, 1.807) is 0 Å². The van der Waals surface area contributed by atoms with Crippen molar-refractivity contribution in [3.05, 3.63) is 29.8 Å². The van der Waals surface area contributed by atoms with E-state index >= 15 is 0 Å². The molecule has 0 aliphatic rings. The van der Waals surface area contributed by atoms with Crippen LogP contribution in [0.5, 0.6) is 0 Å². The molecule has 0 aliphatic heterocycles. The van der Waals surface area contributed by atoms with Crippen LogP contribution in [0.15, 0.2) is 24.3 Å². The van der Waals surface area contributed by atoms with Gasteiger partial charge in [-0.1, -0.05) is 62.8 Å². The second-order valence-corrected chi connectivity index (χ2v) is 4.44. The average Bonchev–Trinajstić information content (AvgIpc) is 2.18. The molecule has 76 valence electrons. The molecule has 0 nitrogen and oxygen atoms in total. The van der Waals surface area contributed by atoms with E-state index in [2.05, 4.69) is 46.0 Å². The van der Waals surface area contributed by atoms with Crippen LogP contribution in [0.1, 0.15) is 38.7 Å². The highest BCUT2D eigenvalue weighted by Crippen LogP contribution is 2.13. The van der Waals surface area contributed by atoms with E-state index in [1.807, 2.05) is 0 Å². The normalized spacial score (nSPS) is 12.7. The highest BCUT2D eigenvalue weighted by Gasteiger charge is 2.02. The second-order valence-electron chi connectivity index (χ2n) is 4.44. The lowest BCUT2D eigenvalue weighted by molar-refractivity contribution is 0.503. The van der Waals surface area contributed by atoms with Crippen LogP contribution < -0.4 is 5.46 Å². The Labute approximate surface area is 89.1 Å². The zero-order valence-corrected chi connectivity index (χ0v) is 9.72. The van der Waals surface area contributed by atoms with Gasteiger partial charge in [-0.25, -0.2) is 0 Å². The van der Waals surface area contributed by atoms with Gasteiger partial charge in [0.05, 0.1) is 0 Å². The summed E-state index contributed by atoms with van der Waals surface area (Å²) >= 11 is 0. The van der Waals surface area contributed by atoms with E-state index in [4.69, 9.17) is 0 Å². The SMILES string of the molecule is Bc1ccc(CC(C)CCCC)cc1. The van der Waals surface area contributed by atoms with E-state index in [0.717, 1.165) is 5.92 Å². The van der Waals surface area contributed by atoms with E-state index in [9.17, 15) is 0 Å². The van der Waals surface area contributed by atoms with Crippen LogP contribution in [-0.2, 0) is 6.42 Å². The lowest BCUT2D eigenvalue weighted by Gasteiger charge is -2.10. The number of rotatable bonds is 5. The number of benzene rings is 1. The summed E-state index contributed by atoms with van der Waals surface area (Å²) in [4.78, 5) is 0. The molecule has 14 heavy (non-hydrogen) atoms. The molecule has 1 rings (SSSR count). The Kier molecular flexibility index (Phi) is 4.79. The molecule has 0 N–H and O–H groups in total. The van der Waals surface area contributed by atoms with Crippen molar-refractivity contribution in [2.75, 3.05) is 0 Å². The summed E-state index contributed by atoms with van der Waals surface area (Å²) < 4.78 is 0. The molecule has 0 aromatic heterocycles. The van der Waals surface area contributed by atoms with Crippen LogP contribution in [0.25, 0.3) is 0 Å². The van der Waals surface area contributed by atoms with Crippen molar-refractivity contribution in [1.82, 2.24) is 0 Å². The molecular weight excluding hydrogens is 167 g/mol. The molecule has 0 spiro atoms. The molecule has 1 aromatic carbocycles. The fourth-order valence-electron chi connectivity index (χ4n) is 1.78. The molecule has 1 unspecified atom stereocenters. The van der Waals surface area contributed by atoms with Crippen LogP contribution in [-0.4, -0.2) is 7.85 Å². The maximum absolute atomic E-state index is 2.36.